The van der Waals surface area contributed by atoms with Gasteiger partial charge >= 0.3 is 6.03 Å². The summed E-state index contributed by atoms with van der Waals surface area (Å²) in [6.45, 7) is 1.20. The van der Waals surface area contributed by atoms with Crippen molar-refractivity contribution in [2.45, 2.75) is 13.1 Å². The fraction of sp³-hybridized carbons (Fsp3) is 0.231. The molecule has 104 valence electrons. The molecule has 7 heteroatoms. The molecule has 0 saturated carbocycles. The molecule has 0 spiro atoms. The van der Waals surface area contributed by atoms with E-state index in [4.69, 9.17) is 11.6 Å². The van der Waals surface area contributed by atoms with Crippen LogP contribution in [0.4, 0.5) is 16.2 Å². The van der Waals surface area contributed by atoms with E-state index in [-0.39, 0.29) is 6.03 Å². The lowest BCUT2D eigenvalue weighted by molar-refractivity contribution is 0.246. The van der Waals surface area contributed by atoms with Crippen molar-refractivity contribution < 1.29 is 4.79 Å². The number of aromatic nitrogens is 1. The van der Waals surface area contributed by atoms with Crippen LogP contribution in [-0.4, -0.2) is 18.1 Å². The molecule has 0 saturated heterocycles. The highest BCUT2D eigenvalue weighted by molar-refractivity contribution is 7.15. The average Bonchev–Trinajstić information content (AvgIpc) is 2.86. The topological polar surface area (TPSA) is 57.3 Å². The second-order valence-electron chi connectivity index (χ2n) is 4.45. The largest absolute Gasteiger partial charge is 0.380 e. The Kier molecular flexibility index (Phi) is 3.50. The minimum absolute atomic E-state index is 0.0797. The number of carbonyl (C=O) groups excluding carboxylic acids is 1. The maximum absolute atomic E-state index is 11.6. The molecule has 0 atom stereocenters. The van der Waals surface area contributed by atoms with Gasteiger partial charge in [-0.1, -0.05) is 17.7 Å². The smallest absolute Gasteiger partial charge is 0.321 e. The van der Waals surface area contributed by atoms with Gasteiger partial charge in [0.2, 0.25) is 0 Å². The summed E-state index contributed by atoms with van der Waals surface area (Å²) in [5.41, 5.74) is 3.03. The van der Waals surface area contributed by atoms with Crippen molar-refractivity contribution in [1.29, 1.82) is 0 Å². The molecular formula is C13H13ClN4OS. The molecule has 2 heterocycles. The number of hydrogen-bond acceptors (Lipinski definition) is 4. The number of nitrogens with zero attached hydrogens (tertiary/aromatic N) is 2. The summed E-state index contributed by atoms with van der Waals surface area (Å²) in [7, 11) is 1.76. The van der Waals surface area contributed by atoms with E-state index in [2.05, 4.69) is 15.6 Å². The molecule has 0 unspecified atom stereocenters. The van der Waals surface area contributed by atoms with Crippen LogP contribution in [0.3, 0.4) is 0 Å². The van der Waals surface area contributed by atoms with Crippen LogP contribution in [-0.2, 0) is 13.1 Å². The zero-order chi connectivity index (χ0) is 14.1. The van der Waals surface area contributed by atoms with Crippen LogP contribution in [0.25, 0.3) is 0 Å². The number of urea groups is 1. The third kappa shape index (κ3) is 2.44. The highest BCUT2D eigenvalue weighted by Crippen LogP contribution is 2.30. The quantitative estimate of drug-likeness (QED) is 0.916. The third-order valence-corrected chi connectivity index (χ3v) is 4.33. The van der Waals surface area contributed by atoms with Crippen LogP contribution >= 0.6 is 22.9 Å². The van der Waals surface area contributed by atoms with Crippen molar-refractivity contribution in [3.8, 4) is 0 Å². The third-order valence-electron chi connectivity index (χ3n) is 3.21. The van der Waals surface area contributed by atoms with Gasteiger partial charge in [0.25, 0.3) is 0 Å². The van der Waals surface area contributed by atoms with Crippen LogP contribution in [0.1, 0.15) is 10.4 Å². The molecular weight excluding hydrogens is 296 g/mol. The first-order chi connectivity index (χ1) is 9.65. The molecule has 3 rings (SSSR count). The number of fused-ring (bicyclic) bond motifs is 1. The number of amides is 2. The lowest BCUT2D eigenvalue weighted by Crippen LogP contribution is -2.41. The summed E-state index contributed by atoms with van der Waals surface area (Å²) in [5.74, 6) is 0. The lowest BCUT2D eigenvalue weighted by atomic mass is 10.1. The Morgan fingerprint density at radius 1 is 1.55 bits per heavy atom. The zero-order valence-corrected chi connectivity index (χ0v) is 12.4. The van der Waals surface area contributed by atoms with E-state index in [0.29, 0.717) is 17.6 Å². The van der Waals surface area contributed by atoms with Crippen LogP contribution in [0.5, 0.6) is 0 Å². The zero-order valence-electron chi connectivity index (χ0n) is 10.8. The fourth-order valence-corrected chi connectivity index (χ4v) is 3.10. The highest BCUT2D eigenvalue weighted by atomic mass is 35.5. The number of hydrogen-bond donors (Lipinski definition) is 2. The first-order valence-corrected chi connectivity index (χ1v) is 7.32. The molecule has 0 fully saturated rings. The van der Waals surface area contributed by atoms with E-state index in [0.717, 1.165) is 21.8 Å². The van der Waals surface area contributed by atoms with E-state index >= 15 is 0 Å². The second-order valence-corrected chi connectivity index (χ2v) is 6.15. The van der Waals surface area contributed by atoms with Gasteiger partial charge in [-0.3, -0.25) is 4.90 Å². The predicted octanol–water partition coefficient (Wildman–Crippen LogP) is 3.07. The van der Waals surface area contributed by atoms with Crippen molar-refractivity contribution in [2.75, 3.05) is 17.3 Å². The standard InChI is InChI=1S/C13H13ClN4OS/c1-18-11-4-2-3-10(9(11)7-17-13(18)19)15-5-8-6-16-12(14)20-8/h2-4,6,15H,5,7H2,1H3,(H,17,19). The molecule has 1 aromatic carbocycles. The maximum atomic E-state index is 11.6. The maximum Gasteiger partial charge on any atom is 0.321 e. The summed E-state index contributed by atoms with van der Waals surface area (Å²) in [4.78, 5) is 18.3. The van der Waals surface area contributed by atoms with Gasteiger partial charge in [0.1, 0.15) is 0 Å². The molecule has 1 aliphatic rings. The number of benzene rings is 1. The van der Waals surface area contributed by atoms with Gasteiger partial charge in [-0.05, 0) is 12.1 Å². The fourth-order valence-electron chi connectivity index (χ4n) is 2.18. The average molecular weight is 309 g/mol. The van der Waals surface area contributed by atoms with Crippen molar-refractivity contribution in [1.82, 2.24) is 10.3 Å². The van der Waals surface area contributed by atoms with E-state index in [1.807, 2.05) is 18.2 Å². The Balaban J connectivity index is 1.82. The van der Waals surface area contributed by atoms with Crippen molar-refractivity contribution in [2.24, 2.45) is 0 Å². The Bertz CT molecular complexity index is 658. The van der Waals surface area contributed by atoms with Crippen molar-refractivity contribution in [3.05, 3.63) is 39.3 Å². The van der Waals surface area contributed by atoms with Gasteiger partial charge in [0.05, 0.1) is 12.2 Å². The van der Waals surface area contributed by atoms with Crippen LogP contribution in [0, 0.1) is 0 Å². The van der Waals surface area contributed by atoms with Crippen LogP contribution in [0.15, 0.2) is 24.4 Å². The van der Waals surface area contributed by atoms with Gasteiger partial charge < -0.3 is 10.6 Å². The first-order valence-electron chi connectivity index (χ1n) is 6.12. The van der Waals surface area contributed by atoms with Gasteiger partial charge in [0, 0.05) is 35.9 Å². The molecule has 2 N–H and O–H groups in total. The number of carbonyl (C=O) groups is 1. The number of rotatable bonds is 3. The van der Waals surface area contributed by atoms with Gasteiger partial charge in [-0.15, -0.1) is 11.3 Å². The van der Waals surface area contributed by atoms with Gasteiger partial charge in [-0.2, -0.15) is 0 Å². The molecule has 20 heavy (non-hydrogen) atoms. The molecule has 1 aliphatic heterocycles. The minimum atomic E-state index is -0.0797. The number of anilines is 2. The summed E-state index contributed by atoms with van der Waals surface area (Å²) in [6.07, 6.45) is 1.77. The molecule has 1 aromatic heterocycles. The molecule has 2 aromatic rings. The lowest BCUT2D eigenvalue weighted by Gasteiger charge is -2.28. The van der Waals surface area contributed by atoms with E-state index in [1.165, 1.54) is 11.3 Å². The normalized spacial score (nSPS) is 13.9. The Morgan fingerprint density at radius 3 is 3.15 bits per heavy atom. The second kappa shape index (κ2) is 5.30. The van der Waals surface area contributed by atoms with Crippen LogP contribution in [0.2, 0.25) is 4.47 Å². The molecule has 5 nitrogen and oxygen atoms in total. The Labute approximate surface area is 125 Å². The molecule has 2 amide bonds. The molecule has 0 radical (unpaired) electrons. The summed E-state index contributed by atoms with van der Waals surface area (Å²) in [5, 5.41) is 6.22. The number of thiazole rings is 1. The Morgan fingerprint density at radius 2 is 2.40 bits per heavy atom. The monoisotopic (exact) mass is 308 g/mol. The minimum Gasteiger partial charge on any atom is -0.380 e. The number of nitrogens with one attached hydrogen (secondary N) is 2. The Hall–Kier alpha value is -1.79. The van der Waals surface area contributed by atoms with E-state index in [9.17, 15) is 4.79 Å². The first kappa shape index (κ1) is 13.2. The van der Waals surface area contributed by atoms with Crippen LogP contribution < -0.4 is 15.5 Å². The van der Waals surface area contributed by atoms with Crippen molar-refractivity contribution in [3.63, 3.8) is 0 Å². The summed E-state index contributed by atoms with van der Waals surface area (Å²) >= 11 is 7.28. The van der Waals surface area contributed by atoms with Crippen molar-refractivity contribution >= 4 is 40.3 Å². The molecule has 0 aliphatic carbocycles. The molecule has 0 bridgehead atoms. The highest BCUT2D eigenvalue weighted by Gasteiger charge is 2.22. The van der Waals surface area contributed by atoms with E-state index < -0.39 is 0 Å². The summed E-state index contributed by atoms with van der Waals surface area (Å²) < 4.78 is 0.545. The van der Waals surface area contributed by atoms with Gasteiger partial charge in [0.15, 0.2) is 4.47 Å². The van der Waals surface area contributed by atoms with Gasteiger partial charge in [-0.25, -0.2) is 9.78 Å². The number of halogens is 1. The summed E-state index contributed by atoms with van der Waals surface area (Å²) in [6, 6.07) is 5.81. The van der Waals surface area contributed by atoms with E-state index in [1.54, 1.807) is 18.1 Å². The SMILES string of the molecule is CN1C(=O)NCc2c(NCc3cnc(Cl)s3)cccc21. The predicted molar refractivity (Wildman–Crippen MR) is 81.5 cm³/mol.